The predicted molar refractivity (Wildman–Crippen MR) is 94.0 cm³/mol. The van der Waals surface area contributed by atoms with Crippen molar-refractivity contribution in [1.82, 2.24) is 15.0 Å². The molecule has 0 bridgehead atoms. The number of anilines is 4. The molecule has 0 saturated heterocycles. The van der Waals surface area contributed by atoms with E-state index in [0.29, 0.717) is 22.5 Å². The highest BCUT2D eigenvalue weighted by Gasteiger charge is 2.15. The van der Waals surface area contributed by atoms with Crippen molar-refractivity contribution in [2.45, 2.75) is 0 Å². The molecule has 0 unspecified atom stereocenters. The van der Waals surface area contributed by atoms with Gasteiger partial charge in [0.25, 0.3) is 0 Å². The number of hydrogen-bond donors (Lipinski definition) is 1. The van der Waals surface area contributed by atoms with E-state index < -0.39 is 6.67 Å². The van der Waals surface area contributed by atoms with Crippen molar-refractivity contribution < 1.29 is 4.39 Å². The van der Waals surface area contributed by atoms with Crippen LogP contribution >= 0.6 is 11.6 Å². The highest BCUT2D eigenvalue weighted by molar-refractivity contribution is 6.30. The van der Waals surface area contributed by atoms with Gasteiger partial charge in [0.2, 0.25) is 0 Å². The maximum absolute atomic E-state index is 12.4. The van der Waals surface area contributed by atoms with E-state index in [4.69, 9.17) is 11.6 Å². The van der Waals surface area contributed by atoms with Crippen LogP contribution in [-0.4, -0.2) is 28.2 Å². The van der Waals surface area contributed by atoms with Crippen LogP contribution < -0.4 is 10.2 Å². The first-order chi connectivity index (χ1) is 11.8. The molecule has 2 heterocycles. The lowest BCUT2D eigenvalue weighted by molar-refractivity contribution is 0.512. The van der Waals surface area contributed by atoms with Crippen molar-refractivity contribution in [3.63, 3.8) is 0 Å². The Morgan fingerprint density at radius 3 is 2.54 bits per heavy atom. The molecule has 24 heavy (non-hydrogen) atoms. The number of hydrogen-bond acceptors (Lipinski definition) is 5. The van der Waals surface area contributed by atoms with Gasteiger partial charge in [0.1, 0.15) is 18.3 Å². The van der Waals surface area contributed by atoms with E-state index in [9.17, 15) is 4.39 Å². The zero-order valence-electron chi connectivity index (χ0n) is 12.7. The molecular formula is C17H15ClFN5. The number of nitrogens with one attached hydrogen (secondary N) is 1. The number of pyridine rings is 1. The zero-order chi connectivity index (χ0) is 16.8. The van der Waals surface area contributed by atoms with Crippen molar-refractivity contribution in [2.24, 2.45) is 0 Å². The Bertz CT molecular complexity index is 782. The molecule has 7 heteroatoms. The van der Waals surface area contributed by atoms with Crippen LogP contribution in [0.25, 0.3) is 0 Å². The number of benzene rings is 1. The zero-order valence-corrected chi connectivity index (χ0v) is 13.5. The first kappa shape index (κ1) is 16.1. The van der Waals surface area contributed by atoms with Gasteiger partial charge in [0.05, 0.1) is 17.4 Å². The van der Waals surface area contributed by atoms with Gasteiger partial charge in [0, 0.05) is 18.4 Å². The highest BCUT2D eigenvalue weighted by atomic mass is 35.5. The number of halogens is 2. The number of aromatic nitrogens is 3. The van der Waals surface area contributed by atoms with Crippen molar-refractivity contribution in [3.8, 4) is 0 Å². The van der Waals surface area contributed by atoms with Crippen molar-refractivity contribution in [3.05, 3.63) is 66.1 Å². The lowest BCUT2D eigenvalue weighted by Gasteiger charge is -2.23. The summed E-state index contributed by atoms with van der Waals surface area (Å²) in [5.74, 6) is 1.72. The van der Waals surface area contributed by atoms with Gasteiger partial charge in [-0.05, 0) is 24.3 Å². The van der Waals surface area contributed by atoms with Crippen molar-refractivity contribution in [1.29, 1.82) is 0 Å². The van der Waals surface area contributed by atoms with Crippen molar-refractivity contribution in [2.75, 3.05) is 23.4 Å². The number of para-hydroxylation sites is 1. The summed E-state index contributed by atoms with van der Waals surface area (Å²) in [5, 5.41) is 3.44. The summed E-state index contributed by atoms with van der Waals surface area (Å²) < 4.78 is 12.4. The van der Waals surface area contributed by atoms with E-state index in [1.807, 2.05) is 35.2 Å². The van der Waals surface area contributed by atoms with Crippen LogP contribution in [0.1, 0.15) is 0 Å². The molecule has 1 N–H and O–H groups in total. The second-order valence-corrected chi connectivity index (χ2v) is 5.32. The van der Waals surface area contributed by atoms with E-state index in [1.165, 1.54) is 0 Å². The standard InChI is InChI=1S/C17H15ClFN5/c18-13-6-7-16(22-10-13)24(14-4-2-1-3-5-14)17-12-20-11-15(23-17)21-9-8-19/h1-7,10-12H,8-9H2,(H,21,23). The monoisotopic (exact) mass is 343 g/mol. The Balaban J connectivity index is 2.03. The molecule has 1 aromatic carbocycles. The van der Waals surface area contributed by atoms with E-state index >= 15 is 0 Å². The summed E-state index contributed by atoms with van der Waals surface area (Å²) in [6.07, 6.45) is 4.76. The summed E-state index contributed by atoms with van der Waals surface area (Å²) >= 11 is 5.94. The molecular weight excluding hydrogens is 329 g/mol. The van der Waals surface area contributed by atoms with Gasteiger partial charge in [-0.3, -0.25) is 9.88 Å². The van der Waals surface area contributed by atoms with Crippen LogP contribution in [0.4, 0.5) is 27.5 Å². The molecule has 3 aromatic rings. The smallest absolute Gasteiger partial charge is 0.159 e. The summed E-state index contributed by atoms with van der Waals surface area (Å²) in [6, 6.07) is 13.2. The van der Waals surface area contributed by atoms with E-state index in [1.54, 1.807) is 30.7 Å². The molecule has 0 aliphatic carbocycles. The average molecular weight is 344 g/mol. The second kappa shape index (κ2) is 7.70. The fourth-order valence-corrected chi connectivity index (χ4v) is 2.29. The van der Waals surface area contributed by atoms with Crippen LogP contribution in [0.15, 0.2) is 61.1 Å². The minimum Gasteiger partial charge on any atom is -0.366 e. The topological polar surface area (TPSA) is 53.9 Å². The number of rotatable bonds is 6. The molecule has 0 spiro atoms. The second-order valence-electron chi connectivity index (χ2n) is 4.88. The quantitative estimate of drug-likeness (QED) is 0.720. The molecule has 122 valence electrons. The Kier molecular flexibility index (Phi) is 5.18. The SMILES string of the molecule is FCCNc1cncc(N(c2ccccc2)c2ccc(Cl)cn2)n1. The van der Waals surface area contributed by atoms with E-state index in [0.717, 1.165) is 5.69 Å². The molecule has 5 nitrogen and oxygen atoms in total. The normalized spacial score (nSPS) is 10.4. The van der Waals surface area contributed by atoms with Gasteiger partial charge in [-0.15, -0.1) is 0 Å². The lowest BCUT2D eigenvalue weighted by Crippen LogP contribution is -2.14. The first-order valence-corrected chi connectivity index (χ1v) is 7.74. The van der Waals surface area contributed by atoms with E-state index in [-0.39, 0.29) is 6.54 Å². The molecule has 3 rings (SSSR count). The largest absolute Gasteiger partial charge is 0.366 e. The molecule has 0 aliphatic heterocycles. The number of alkyl halides is 1. The van der Waals surface area contributed by atoms with Gasteiger partial charge < -0.3 is 5.32 Å². The van der Waals surface area contributed by atoms with Crippen LogP contribution in [0, 0.1) is 0 Å². The van der Waals surface area contributed by atoms with Gasteiger partial charge >= 0.3 is 0 Å². The molecule has 0 fully saturated rings. The van der Waals surface area contributed by atoms with Crippen LogP contribution in [-0.2, 0) is 0 Å². The highest BCUT2D eigenvalue weighted by Crippen LogP contribution is 2.31. The summed E-state index contributed by atoms with van der Waals surface area (Å²) in [5.41, 5.74) is 0.879. The first-order valence-electron chi connectivity index (χ1n) is 7.36. The fraction of sp³-hybridized carbons (Fsp3) is 0.118. The molecule has 0 atom stereocenters. The van der Waals surface area contributed by atoms with Crippen LogP contribution in [0.3, 0.4) is 0 Å². The Hall–Kier alpha value is -2.73. The number of nitrogens with zero attached hydrogens (tertiary/aromatic N) is 4. The maximum atomic E-state index is 12.4. The minimum absolute atomic E-state index is 0.183. The third-order valence-electron chi connectivity index (χ3n) is 3.21. The Morgan fingerprint density at radius 1 is 1.00 bits per heavy atom. The van der Waals surface area contributed by atoms with Gasteiger partial charge in [-0.25, -0.2) is 14.4 Å². The Morgan fingerprint density at radius 2 is 1.83 bits per heavy atom. The van der Waals surface area contributed by atoms with Crippen LogP contribution in [0.2, 0.25) is 5.02 Å². The third kappa shape index (κ3) is 3.78. The third-order valence-corrected chi connectivity index (χ3v) is 3.43. The van der Waals surface area contributed by atoms with E-state index in [2.05, 4.69) is 20.3 Å². The molecule has 0 saturated carbocycles. The average Bonchev–Trinajstić information content (AvgIpc) is 2.63. The fourth-order valence-electron chi connectivity index (χ4n) is 2.18. The predicted octanol–water partition coefficient (Wildman–Crippen LogP) is 4.38. The van der Waals surface area contributed by atoms with Crippen molar-refractivity contribution >= 4 is 34.7 Å². The molecule has 0 radical (unpaired) electrons. The maximum Gasteiger partial charge on any atom is 0.159 e. The lowest BCUT2D eigenvalue weighted by atomic mass is 10.2. The van der Waals surface area contributed by atoms with Gasteiger partial charge in [0.15, 0.2) is 5.82 Å². The molecule has 0 aliphatic rings. The molecule has 0 amide bonds. The van der Waals surface area contributed by atoms with Crippen LogP contribution in [0.5, 0.6) is 0 Å². The summed E-state index contributed by atoms with van der Waals surface area (Å²) in [6.45, 7) is -0.296. The summed E-state index contributed by atoms with van der Waals surface area (Å²) in [4.78, 5) is 14.9. The Labute approximate surface area is 144 Å². The molecule has 2 aromatic heterocycles. The van der Waals surface area contributed by atoms with Gasteiger partial charge in [-0.2, -0.15) is 0 Å². The summed E-state index contributed by atoms with van der Waals surface area (Å²) in [7, 11) is 0. The minimum atomic E-state index is -0.479. The van der Waals surface area contributed by atoms with Gasteiger partial charge in [-0.1, -0.05) is 29.8 Å².